The summed E-state index contributed by atoms with van der Waals surface area (Å²) in [5, 5.41) is 13.7. The normalized spacial score (nSPS) is 21.2. The van der Waals surface area contributed by atoms with Crippen LogP contribution in [0.2, 0.25) is 0 Å². The van der Waals surface area contributed by atoms with Crippen molar-refractivity contribution in [2.75, 3.05) is 27.1 Å². The van der Waals surface area contributed by atoms with Crippen LogP contribution in [0.1, 0.15) is 41.6 Å². The summed E-state index contributed by atoms with van der Waals surface area (Å²) in [5.41, 5.74) is 0.852. The number of aliphatic hydroxyl groups is 1. The second-order valence-corrected chi connectivity index (χ2v) is 7.93. The molecule has 0 radical (unpaired) electrons. The summed E-state index contributed by atoms with van der Waals surface area (Å²) in [6.07, 6.45) is 3.12. The molecule has 0 aromatic heterocycles. The van der Waals surface area contributed by atoms with Crippen molar-refractivity contribution in [1.29, 1.82) is 0 Å². The molecule has 1 aliphatic rings. The fraction of sp³-hybridized carbons (Fsp3) is 0.458. The van der Waals surface area contributed by atoms with Crippen LogP contribution in [-0.2, 0) is 16.1 Å². The van der Waals surface area contributed by atoms with E-state index in [0.717, 1.165) is 12.8 Å². The number of nitrogens with one attached hydrogen (secondary N) is 1. The lowest BCUT2D eigenvalue weighted by atomic mass is 9.79. The topological polar surface area (TPSA) is 77.0 Å². The van der Waals surface area contributed by atoms with Gasteiger partial charge in [0.15, 0.2) is 6.79 Å². The standard InChI is InChI=1S/C24H31NO5/c1-28-18-30-22-9-7-21(8-10-22)23(26)25-17-24(27)13-11-20(12-14-24)16-29-15-19-5-3-2-4-6-19/h2-10,20,27H,11-18H2,1H3,(H,25,26)/t20-,24+. The number of ether oxygens (including phenoxy) is 3. The number of rotatable bonds is 10. The molecule has 0 heterocycles. The molecule has 30 heavy (non-hydrogen) atoms. The van der Waals surface area contributed by atoms with Crippen LogP contribution in [-0.4, -0.2) is 43.7 Å². The number of methoxy groups -OCH3 is 1. The third-order valence-electron chi connectivity index (χ3n) is 5.54. The molecule has 1 aliphatic carbocycles. The zero-order valence-electron chi connectivity index (χ0n) is 17.5. The van der Waals surface area contributed by atoms with Gasteiger partial charge in [-0.3, -0.25) is 4.79 Å². The van der Waals surface area contributed by atoms with Gasteiger partial charge in [-0.15, -0.1) is 0 Å². The van der Waals surface area contributed by atoms with Gasteiger partial charge < -0.3 is 24.6 Å². The minimum Gasteiger partial charge on any atom is -0.468 e. The fourth-order valence-corrected chi connectivity index (χ4v) is 3.65. The zero-order chi connectivity index (χ0) is 21.2. The average Bonchev–Trinajstić information content (AvgIpc) is 2.79. The molecular weight excluding hydrogens is 382 g/mol. The van der Waals surface area contributed by atoms with E-state index >= 15 is 0 Å². The van der Waals surface area contributed by atoms with Crippen LogP contribution >= 0.6 is 0 Å². The number of carbonyl (C=O) groups excluding carboxylic acids is 1. The van der Waals surface area contributed by atoms with Crippen LogP contribution in [0.15, 0.2) is 54.6 Å². The van der Waals surface area contributed by atoms with Gasteiger partial charge >= 0.3 is 0 Å². The van der Waals surface area contributed by atoms with Crippen LogP contribution in [0.3, 0.4) is 0 Å². The van der Waals surface area contributed by atoms with Crippen molar-refractivity contribution >= 4 is 5.91 Å². The molecule has 1 fully saturated rings. The maximum absolute atomic E-state index is 12.4. The lowest BCUT2D eigenvalue weighted by Crippen LogP contribution is -2.45. The lowest BCUT2D eigenvalue weighted by Gasteiger charge is -2.36. The van der Waals surface area contributed by atoms with E-state index in [4.69, 9.17) is 14.2 Å². The molecule has 2 aromatic rings. The van der Waals surface area contributed by atoms with Crippen LogP contribution in [0.25, 0.3) is 0 Å². The number of amides is 1. The molecule has 6 nitrogen and oxygen atoms in total. The summed E-state index contributed by atoms with van der Waals surface area (Å²) in [6, 6.07) is 17.0. The van der Waals surface area contributed by atoms with Gasteiger partial charge in [0.2, 0.25) is 0 Å². The molecule has 162 valence electrons. The molecular formula is C24H31NO5. The van der Waals surface area contributed by atoms with Crippen molar-refractivity contribution in [1.82, 2.24) is 5.32 Å². The minimum absolute atomic E-state index is 0.164. The predicted molar refractivity (Wildman–Crippen MR) is 114 cm³/mol. The highest BCUT2D eigenvalue weighted by Crippen LogP contribution is 2.32. The summed E-state index contributed by atoms with van der Waals surface area (Å²) >= 11 is 0. The first-order valence-corrected chi connectivity index (χ1v) is 10.4. The van der Waals surface area contributed by atoms with Gasteiger partial charge in [-0.05, 0) is 61.4 Å². The summed E-state index contributed by atoms with van der Waals surface area (Å²) < 4.78 is 16.0. The molecule has 6 heteroatoms. The lowest BCUT2D eigenvalue weighted by molar-refractivity contribution is -0.0238. The van der Waals surface area contributed by atoms with Crippen LogP contribution in [0, 0.1) is 5.92 Å². The molecule has 3 rings (SSSR count). The Balaban J connectivity index is 1.37. The Morgan fingerprint density at radius 2 is 1.80 bits per heavy atom. The maximum Gasteiger partial charge on any atom is 0.251 e. The summed E-state index contributed by atoms with van der Waals surface area (Å²) in [4.78, 5) is 12.4. The average molecular weight is 414 g/mol. The van der Waals surface area contributed by atoms with Crippen molar-refractivity contribution in [2.45, 2.75) is 37.9 Å². The highest BCUT2D eigenvalue weighted by Gasteiger charge is 2.33. The first-order chi connectivity index (χ1) is 14.6. The van der Waals surface area contributed by atoms with E-state index in [1.807, 2.05) is 18.2 Å². The van der Waals surface area contributed by atoms with Gasteiger partial charge in [-0.2, -0.15) is 0 Å². The van der Waals surface area contributed by atoms with Gasteiger partial charge in [-0.1, -0.05) is 30.3 Å². The van der Waals surface area contributed by atoms with Gasteiger partial charge in [0.25, 0.3) is 5.91 Å². The molecule has 0 unspecified atom stereocenters. The molecule has 0 atom stereocenters. The van der Waals surface area contributed by atoms with Gasteiger partial charge in [-0.25, -0.2) is 0 Å². The molecule has 1 saturated carbocycles. The van der Waals surface area contributed by atoms with Crippen molar-refractivity contribution in [3.63, 3.8) is 0 Å². The summed E-state index contributed by atoms with van der Waals surface area (Å²) in [6.45, 7) is 1.74. The van der Waals surface area contributed by atoms with E-state index in [1.54, 1.807) is 31.4 Å². The van der Waals surface area contributed by atoms with Gasteiger partial charge in [0.05, 0.1) is 12.2 Å². The fourth-order valence-electron chi connectivity index (χ4n) is 3.65. The summed E-state index contributed by atoms with van der Waals surface area (Å²) in [7, 11) is 1.55. The Morgan fingerprint density at radius 3 is 2.47 bits per heavy atom. The van der Waals surface area contributed by atoms with E-state index in [2.05, 4.69) is 17.4 Å². The van der Waals surface area contributed by atoms with Crippen LogP contribution < -0.4 is 10.1 Å². The van der Waals surface area contributed by atoms with E-state index < -0.39 is 5.60 Å². The number of hydrogen-bond acceptors (Lipinski definition) is 5. The number of carbonyl (C=O) groups is 1. The largest absolute Gasteiger partial charge is 0.468 e. The molecule has 2 N–H and O–H groups in total. The number of hydrogen-bond donors (Lipinski definition) is 2. The Hall–Kier alpha value is -2.41. The SMILES string of the molecule is COCOc1ccc(C(=O)NC[C@]2(O)CC[C@@H](COCc3ccccc3)CC2)cc1. The molecule has 2 aromatic carbocycles. The highest BCUT2D eigenvalue weighted by molar-refractivity contribution is 5.94. The minimum atomic E-state index is -0.854. The Bertz CT molecular complexity index is 770. The summed E-state index contributed by atoms with van der Waals surface area (Å²) in [5.74, 6) is 0.888. The van der Waals surface area contributed by atoms with E-state index in [9.17, 15) is 9.90 Å². The second-order valence-electron chi connectivity index (χ2n) is 7.93. The van der Waals surface area contributed by atoms with Gasteiger partial charge in [0.1, 0.15) is 5.75 Å². The Morgan fingerprint density at radius 1 is 1.10 bits per heavy atom. The molecule has 0 aliphatic heterocycles. The van der Waals surface area contributed by atoms with Crippen molar-refractivity contribution in [3.05, 3.63) is 65.7 Å². The van der Waals surface area contributed by atoms with Crippen molar-refractivity contribution < 1.29 is 24.1 Å². The Kier molecular flexibility index (Phi) is 8.25. The molecule has 0 saturated heterocycles. The smallest absolute Gasteiger partial charge is 0.251 e. The van der Waals surface area contributed by atoms with Crippen molar-refractivity contribution in [2.24, 2.45) is 5.92 Å². The molecule has 0 spiro atoms. The molecule has 0 bridgehead atoms. The number of benzene rings is 2. The zero-order valence-corrected chi connectivity index (χ0v) is 17.5. The second kappa shape index (κ2) is 11.1. The Labute approximate surface area is 178 Å². The highest BCUT2D eigenvalue weighted by atomic mass is 16.7. The third-order valence-corrected chi connectivity index (χ3v) is 5.54. The van der Waals surface area contributed by atoms with E-state index in [-0.39, 0.29) is 19.2 Å². The first-order valence-electron chi connectivity index (χ1n) is 10.4. The quantitative estimate of drug-likeness (QED) is 0.583. The predicted octanol–water partition coefficient (Wildman–Crippen LogP) is 3.54. The van der Waals surface area contributed by atoms with E-state index in [0.29, 0.717) is 43.3 Å². The van der Waals surface area contributed by atoms with Gasteiger partial charge in [0, 0.05) is 25.8 Å². The van der Waals surface area contributed by atoms with Crippen molar-refractivity contribution in [3.8, 4) is 5.75 Å². The third kappa shape index (κ3) is 6.83. The molecule has 1 amide bonds. The monoisotopic (exact) mass is 413 g/mol. The van der Waals surface area contributed by atoms with Crippen LogP contribution in [0.4, 0.5) is 0 Å². The van der Waals surface area contributed by atoms with Crippen LogP contribution in [0.5, 0.6) is 5.75 Å². The van der Waals surface area contributed by atoms with E-state index in [1.165, 1.54) is 5.56 Å². The maximum atomic E-state index is 12.4. The first kappa shape index (κ1) is 22.3.